The summed E-state index contributed by atoms with van der Waals surface area (Å²) in [6.07, 6.45) is 1.52. The number of hydrogen-bond acceptors (Lipinski definition) is 1. The summed E-state index contributed by atoms with van der Waals surface area (Å²) in [5.74, 6) is -2.52. The summed E-state index contributed by atoms with van der Waals surface area (Å²) in [6.45, 7) is 7.89. The van der Waals surface area contributed by atoms with E-state index in [1.807, 2.05) is 0 Å². The Balaban J connectivity index is 3.47. The van der Waals surface area contributed by atoms with Crippen LogP contribution in [0.1, 0.15) is 47.0 Å². The Labute approximate surface area is 79.9 Å². The number of hydrogen-bond donors (Lipinski definition) is 1. The molecule has 0 saturated carbocycles. The van der Waals surface area contributed by atoms with E-state index in [1.54, 1.807) is 0 Å². The van der Waals surface area contributed by atoms with Gasteiger partial charge in [-0.05, 0) is 40.2 Å². The Morgan fingerprint density at radius 1 is 1.15 bits per heavy atom. The van der Waals surface area contributed by atoms with Crippen LogP contribution in [0.25, 0.3) is 0 Å². The molecule has 0 aliphatic rings. The molecule has 0 aromatic heterocycles. The van der Waals surface area contributed by atoms with E-state index in [-0.39, 0.29) is 12.0 Å². The summed E-state index contributed by atoms with van der Waals surface area (Å²) in [7, 11) is 0. The van der Waals surface area contributed by atoms with Crippen molar-refractivity contribution in [3.63, 3.8) is 0 Å². The van der Waals surface area contributed by atoms with E-state index in [2.05, 4.69) is 26.1 Å². The minimum atomic E-state index is -2.52. The Bertz CT molecular complexity index is 138. The fourth-order valence-electron chi connectivity index (χ4n) is 0.951. The fraction of sp³-hybridized carbons (Fsp3) is 1.00. The van der Waals surface area contributed by atoms with Gasteiger partial charge in [-0.2, -0.15) is 0 Å². The highest BCUT2D eigenvalue weighted by molar-refractivity contribution is 4.75. The fourth-order valence-corrected chi connectivity index (χ4v) is 0.951. The topological polar surface area (TPSA) is 12.0 Å². The van der Waals surface area contributed by atoms with Crippen LogP contribution in [0.3, 0.4) is 0 Å². The molecular weight excluding hydrogens is 172 g/mol. The summed E-state index contributed by atoms with van der Waals surface area (Å²) in [4.78, 5) is 0. The highest BCUT2D eigenvalue weighted by Crippen LogP contribution is 2.18. The van der Waals surface area contributed by atoms with E-state index in [9.17, 15) is 8.78 Å². The van der Waals surface area contributed by atoms with Crippen molar-refractivity contribution in [1.82, 2.24) is 5.32 Å². The number of nitrogens with one attached hydrogen (secondary N) is 1. The molecule has 80 valence electrons. The van der Waals surface area contributed by atoms with Crippen molar-refractivity contribution in [2.24, 2.45) is 0 Å². The molecule has 0 bridgehead atoms. The van der Waals surface area contributed by atoms with Crippen LogP contribution < -0.4 is 5.32 Å². The Morgan fingerprint density at radius 2 is 1.69 bits per heavy atom. The van der Waals surface area contributed by atoms with Crippen molar-refractivity contribution in [3.05, 3.63) is 0 Å². The summed E-state index contributed by atoms with van der Waals surface area (Å²) in [5.41, 5.74) is 0.0724. The molecule has 0 aliphatic heterocycles. The number of rotatable bonds is 6. The first kappa shape index (κ1) is 12.8. The Morgan fingerprint density at radius 3 is 2.08 bits per heavy atom. The van der Waals surface area contributed by atoms with E-state index in [0.29, 0.717) is 13.0 Å². The molecule has 0 aromatic rings. The largest absolute Gasteiger partial charge is 0.312 e. The molecule has 0 rings (SSSR count). The lowest BCUT2D eigenvalue weighted by Crippen LogP contribution is -2.39. The van der Waals surface area contributed by atoms with Crippen LogP contribution in [0.2, 0.25) is 0 Å². The minimum Gasteiger partial charge on any atom is -0.312 e. The normalized spacial score (nSPS) is 13.4. The van der Waals surface area contributed by atoms with Gasteiger partial charge in [0.05, 0.1) is 0 Å². The quantitative estimate of drug-likeness (QED) is 0.639. The molecule has 1 nitrogen and oxygen atoms in total. The molecule has 0 atom stereocenters. The highest BCUT2D eigenvalue weighted by Gasteiger charge is 2.20. The molecule has 0 aromatic carbocycles. The maximum Gasteiger partial charge on any atom is 0.245 e. The second kappa shape index (κ2) is 4.89. The lowest BCUT2D eigenvalue weighted by atomic mass is 10.0. The minimum absolute atomic E-state index is 0.0280. The molecule has 0 radical (unpaired) electrons. The van der Waals surface area contributed by atoms with Gasteiger partial charge in [-0.1, -0.05) is 6.92 Å². The van der Waals surface area contributed by atoms with Gasteiger partial charge in [0.1, 0.15) is 0 Å². The third-order valence-electron chi connectivity index (χ3n) is 2.28. The van der Waals surface area contributed by atoms with Crippen molar-refractivity contribution in [2.45, 2.75) is 58.4 Å². The number of alkyl halides is 2. The maximum atomic E-state index is 12.4. The zero-order valence-electron chi connectivity index (χ0n) is 9.08. The van der Waals surface area contributed by atoms with Crippen LogP contribution in [-0.4, -0.2) is 18.0 Å². The van der Waals surface area contributed by atoms with Gasteiger partial charge in [0.25, 0.3) is 0 Å². The first-order valence-corrected chi connectivity index (χ1v) is 4.90. The first-order chi connectivity index (χ1) is 5.77. The van der Waals surface area contributed by atoms with Crippen molar-refractivity contribution in [3.8, 4) is 0 Å². The van der Waals surface area contributed by atoms with Gasteiger partial charge in [0.15, 0.2) is 0 Å². The SMILES string of the molecule is CCC(C)(C)NCCCC(C)(F)F. The van der Waals surface area contributed by atoms with Crippen molar-refractivity contribution in [1.29, 1.82) is 0 Å². The maximum absolute atomic E-state index is 12.4. The standard InChI is InChI=1S/C10H21F2N/c1-5-9(2,3)13-8-6-7-10(4,11)12/h13H,5-8H2,1-4H3. The Kier molecular flexibility index (Phi) is 4.82. The molecular formula is C10H21F2N. The zero-order valence-corrected chi connectivity index (χ0v) is 9.08. The van der Waals surface area contributed by atoms with Crippen LogP contribution in [0, 0.1) is 0 Å². The molecule has 0 heterocycles. The van der Waals surface area contributed by atoms with Gasteiger partial charge in [-0.15, -0.1) is 0 Å². The van der Waals surface area contributed by atoms with E-state index in [1.165, 1.54) is 0 Å². The van der Waals surface area contributed by atoms with E-state index >= 15 is 0 Å². The average Bonchev–Trinajstić information content (AvgIpc) is 1.97. The lowest BCUT2D eigenvalue weighted by Gasteiger charge is -2.24. The Hall–Kier alpha value is -0.180. The van der Waals surface area contributed by atoms with Crippen LogP contribution in [0.5, 0.6) is 0 Å². The van der Waals surface area contributed by atoms with E-state index in [4.69, 9.17) is 0 Å². The molecule has 0 saturated heterocycles. The number of halogens is 2. The van der Waals surface area contributed by atoms with Crippen LogP contribution in [-0.2, 0) is 0 Å². The summed E-state index contributed by atoms with van der Waals surface area (Å²) < 4.78 is 24.8. The third-order valence-corrected chi connectivity index (χ3v) is 2.28. The second-order valence-electron chi connectivity index (χ2n) is 4.34. The highest BCUT2D eigenvalue weighted by atomic mass is 19.3. The predicted octanol–water partition coefficient (Wildman–Crippen LogP) is 3.20. The molecule has 1 N–H and O–H groups in total. The van der Waals surface area contributed by atoms with Crippen molar-refractivity contribution >= 4 is 0 Å². The molecule has 3 heteroatoms. The van der Waals surface area contributed by atoms with E-state index < -0.39 is 5.92 Å². The van der Waals surface area contributed by atoms with E-state index in [0.717, 1.165) is 13.3 Å². The van der Waals surface area contributed by atoms with Gasteiger partial charge >= 0.3 is 0 Å². The average molecular weight is 193 g/mol. The molecule has 13 heavy (non-hydrogen) atoms. The summed E-state index contributed by atoms with van der Waals surface area (Å²) in [5, 5.41) is 3.25. The summed E-state index contributed by atoms with van der Waals surface area (Å²) in [6, 6.07) is 0. The molecule has 0 amide bonds. The van der Waals surface area contributed by atoms with Gasteiger partial charge in [-0.3, -0.25) is 0 Å². The van der Waals surface area contributed by atoms with Crippen LogP contribution in [0.4, 0.5) is 8.78 Å². The van der Waals surface area contributed by atoms with Gasteiger partial charge < -0.3 is 5.32 Å². The summed E-state index contributed by atoms with van der Waals surface area (Å²) >= 11 is 0. The molecule has 0 aliphatic carbocycles. The zero-order chi connectivity index (χ0) is 10.5. The van der Waals surface area contributed by atoms with Crippen LogP contribution >= 0.6 is 0 Å². The molecule has 0 fully saturated rings. The van der Waals surface area contributed by atoms with Gasteiger partial charge in [0.2, 0.25) is 5.92 Å². The lowest BCUT2D eigenvalue weighted by molar-refractivity contribution is 0.0106. The van der Waals surface area contributed by atoms with Crippen molar-refractivity contribution < 1.29 is 8.78 Å². The molecule has 0 spiro atoms. The van der Waals surface area contributed by atoms with Crippen molar-refractivity contribution in [2.75, 3.05) is 6.54 Å². The monoisotopic (exact) mass is 193 g/mol. The van der Waals surface area contributed by atoms with Gasteiger partial charge in [-0.25, -0.2) is 8.78 Å². The smallest absolute Gasteiger partial charge is 0.245 e. The first-order valence-electron chi connectivity index (χ1n) is 4.90. The van der Waals surface area contributed by atoms with Gasteiger partial charge in [0, 0.05) is 12.0 Å². The molecule has 0 unspecified atom stereocenters. The third kappa shape index (κ3) is 8.16. The van der Waals surface area contributed by atoms with Crippen LogP contribution in [0.15, 0.2) is 0 Å². The second-order valence-corrected chi connectivity index (χ2v) is 4.34. The predicted molar refractivity (Wildman–Crippen MR) is 52.2 cm³/mol.